The number of carboxylic acids is 1. The monoisotopic (exact) mass is 750 g/mol. The Morgan fingerprint density at radius 3 is 2.13 bits per heavy atom. The minimum Gasteiger partial charge on any atom is -0.481 e. The van der Waals surface area contributed by atoms with Crippen LogP contribution < -0.4 is 16.3 Å². The number of fused-ring (bicyclic) bond motifs is 2. The molecular weight excluding hydrogens is 721 g/mol. The van der Waals surface area contributed by atoms with Crippen molar-refractivity contribution in [3.05, 3.63) is 142 Å². The number of H-pyrrole nitrogens is 1. The number of aryl methyl sites for hydroxylation is 2. The second-order valence-corrected chi connectivity index (χ2v) is 14.4. The number of carbonyl (C=O) groups excluding carboxylic acids is 2. The molecule has 0 atom stereocenters. The van der Waals surface area contributed by atoms with Crippen LogP contribution in [0.15, 0.2) is 74.7 Å². The molecule has 2 amide bonds. The number of nitrogens with one attached hydrogen (secondary N) is 3. The van der Waals surface area contributed by atoms with Crippen molar-refractivity contribution in [2.75, 3.05) is 10.6 Å². The van der Waals surface area contributed by atoms with Gasteiger partial charge in [-0.25, -0.2) is 14.8 Å². The lowest BCUT2D eigenvalue weighted by atomic mass is 9.83. The number of carboxylic acid groups (broad SMARTS) is 1. The molecule has 0 saturated heterocycles. The second-order valence-electron chi connectivity index (χ2n) is 12.3. The fraction of sp³-hybridized carbons (Fsp3) is 0.162. The lowest BCUT2D eigenvalue weighted by Gasteiger charge is -2.22. The fourth-order valence-corrected chi connectivity index (χ4v) is 7.71. The van der Waals surface area contributed by atoms with Crippen molar-refractivity contribution in [1.29, 1.82) is 0 Å². The molecule has 1 aliphatic rings. The first-order valence-corrected chi connectivity index (χ1v) is 18.2. The zero-order valence-corrected chi connectivity index (χ0v) is 30.2. The van der Waals surface area contributed by atoms with Crippen molar-refractivity contribution in [2.45, 2.75) is 39.2 Å². The number of aromatic amines is 1. The first-order chi connectivity index (χ1) is 25.0. The number of amides is 2. The van der Waals surface area contributed by atoms with Gasteiger partial charge in [0, 0.05) is 28.4 Å². The molecule has 0 spiro atoms. The predicted molar refractivity (Wildman–Crippen MR) is 202 cm³/mol. The number of anilines is 2. The van der Waals surface area contributed by atoms with E-state index in [1.807, 2.05) is 0 Å². The van der Waals surface area contributed by atoms with Crippen LogP contribution in [-0.4, -0.2) is 42.4 Å². The normalized spacial score (nSPS) is 12.2. The Kier molecular flexibility index (Phi) is 9.64. The van der Waals surface area contributed by atoms with E-state index in [1.54, 1.807) is 23.0 Å². The van der Waals surface area contributed by atoms with E-state index < -0.39 is 17.6 Å². The molecule has 6 aromatic rings. The van der Waals surface area contributed by atoms with Gasteiger partial charge in [0.2, 0.25) is 5.91 Å². The minimum atomic E-state index is -1.01. The molecule has 4 aromatic heterocycles. The molecule has 1 aliphatic carbocycles. The molecule has 12 nitrogen and oxygen atoms in total. The van der Waals surface area contributed by atoms with Crippen molar-refractivity contribution in [2.24, 2.45) is 0 Å². The zero-order valence-electron chi connectivity index (χ0n) is 27.8. The molecule has 15 heteroatoms. The largest absolute Gasteiger partial charge is 0.481 e. The number of thiazole rings is 2. The van der Waals surface area contributed by atoms with Crippen molar-refractivity contribution in [3.63, 3.8) is 0 Å². The summed E-state index contributed by atoms with van der Waals surface area (Å²) in [4.78, 5) is 60.9. The average Bonchev–Trinajstić information content (AvgIpc) is 3.83. The number of aliphatic carboxylic acids is 1. The van der Waals surface area contributed by atoms with Crippen LogP contribution in [0.3, 0.4) is 0 Å². The Morgan fingerprint density at radius 1 is 0.885 bits per heavy atom. The predicted octanol–water partition coefficient (Wildman–Crippen LogP) is 6.80. The SMILES string of the molecule is Cc1ccc2c(c1)C=Cc1cc(C)ccc1C2c1cn(Cc2ccc(C(=O)Nc3nc(CC(=O)Nc4nc(CC(=O)O)cs4)cs3)o2)c(=O)[nH]c1=S. The van der Waals surface area contributed by atoms with Gasteiger partial charge < -0.3 is 14.8 Å². The van der Waals surface area contributed by atoms with Crippen molar-refractivity contribution in [3.8, 4) is 0 Å². The molecule has 7 rings (SSSR count). The van der Waals surface area contributed by atoms with Crippen LogP contribution in [0.1, 0.15) is 72.6 Å². The maximum Gasteiger partial charge on any atom is 0.326 e. The van der Waals surface area contributed by atoms with Crippen molar-refractivity contribution < 1.29 is 23.9 Å². The average molecular weight is 751 g/mol. The van der Waals surface area contributed by atoms with Crippen LogP contribution in [0.2, 0.25) is 0 Å². The number of aromatic nitrogens is 4. The Hall–Kier alpha value is -5.77. The number of hydrogen-bond acceptors (Lipinski definition) is 10. The maximum absolute atomic E-state index is 13.2. The topological polar surface area (TPSA) is 172 Å². The third-order valence-corrected chi connectivity index (χ3v) is 10.3. The van der Waals surface area contributed by atoms with E-state index in [-0.39, 0.29) is 47.2 Å². The molecule has 4 heterocycles. The summed E-state index contributed by atoms with van der Waals surface area (Å²) < 4.78 is 7.70. The van der Waals surface area contributed by atoms with E-state index in [9.17, 15) is 19.2 Å². The lowest BCUT2D eigenvalue weighted by Crippen LogP contribution is -2.25. The molecular formula is C37H30N6O6S3. The highest BCUT2D eigenvalue weighted by Gasteiger charge is 2.26. The Balaban J connectivity index is 1.06. The van der Waals surface area contributed by atoms with E-state index in [0.29, 0.717) is 21.8 Å². The van der Waals surface area contributed by atoms with E-state index >= 15 is 0 Å². The van der Waals surface area contributed by atoms with Crippen LogP contribution in [-0.2, 0) is 29.0 Å². The molecule has 0 saturated carbocycles. The van der Waals surface area contributed by atoms with Crippen molar-refractivity contribution in [1.82, 2.24) is 19.5 Å². The van der Waals surface area contributed by atoms with Crippen LogP contribution in [0.25, 0.3) is 12.2 Å². The van der Waals surface area contributed by atoms with Gasteiger partial charge >= 0.3 is 11.7 Å². The molecule has 52 heavy (non-hydrogen) atoms. The van der Waals surface area contributed by atoms with Gasteiger partial charge in [-0.3, -0.25) is 29.3 Å². The summed E-state index contributed by atoms with van der Waals surface area (Å²) in [6.45, 7) is 4.16. The number of furan rings is 1. The van der Waals surface area contributed by atoms with E-state index in [1.165, 1.54) is 10.6 Å². The molecule has 0 unspecified atom stereocenters. The number of rotatable bonds is 10. The smallest absolute Gasteiger partial charge is 0.326 e. The van der Waals surface area contributed by atoms with Gasteiger partial charge in [-0.15, -0.1) is 22.7 Å². The Labute approximate surface area is 309 Å². The van der Waals surface area contributed by atoms with Crippen molar-refractivity contribution >= 4 is 75.1 Å². The van der Waals surface area contributed by atoms with Gasteiger partial charge in [0.15, 0.2) is 16.0 Å². The summed E-state index contributed by atoms with van der Waals surface area (Å²) in [5.74, 6) is -1.79. The molecule has 262 valence electrons. The molecule has 4 N–H and O–H groups in total. The van der Waals surface area contributed by atoms with Gasteiger partial charge in [0.05, 0.1) is 30.8 Å². The summed E-state index contributed by atoms with van der Waals surface area (Å²) in [5, 5.41) is 18.0. The molecule has 0 aliphatic heterocycles. The van der Waals surface area contributed by atoms with Gasteiger partial charge in [-0.2, -0.15) is 0 Å². The summed E-state index contributed by atoms with van der Waals surface area (Å²) >= 11 is 8.03. The minimum absolute atomic E-state index is 0.0195. The zero-order chi connectivity index (χ0) is 36.5. The van der Waals surface area contributed by atoms with Crippen LogP contribution in [0.4, 0.5) is 10.3 Å². The summed E-state index contributed by atoms with van der Waals surface area (Å²) in [7, 11) is 0. The first kappa shape index (κ1) is 34.7. The van der Waals surface area contributed by atoms with Gasteiger partial charge in [0.1, 0.15) is 10.4 Å². The highest BCUT2D eigenvalue weighted by molar-refractivity contribution is 7.71. The van der Waals surface area contributed by atoms with Crippen LogP contribution in [0.5, 0.6) is 0 Å². The maximum atomic E-state index is 13.2. The number of carbonyl (C=O) groups is 3. The Bertz CT molecular complexity index is 2470. The lowest BCUT2D eigenvalue weighted by molar-refractivity contribution is -0.136. The van der Waals surface area contributed by atoms with Gasteiger partial charge in [-0.05, 0) is 48.2 Å². The van der Waals surface area contributed by atoms with Gasteiger partial charge in [-0.1, -0.05) is 71.9 Å². The third-order valence-electron chi connectivity index (χ3n) is 8.35. The quantitative estimate of drug-likeness (QED) is 0.110. The molecule has 0 radical (unpaired) electrons. The number of nitrogens with zero attached hydrogens (tertiary/aromatic N) is 3. The summed E-state index contributed by atoms with van der Waals surface area (Å²) in [5.41, 5.74) is 7.71. The molecule has 0 fully saturated rings. The number of benzene rings is 2. The third kappa shape index (κ3) is 7.61. The Morgan fingerprint density at radius 2 is 1.50 bits per heavy atom. The van der Waals surface area contributed by atoms with Crippen LogP contribution >= 0.6 is 34.9 Å². The molecule has 2 aromatic carbocycles. The second kappa shape index (κ2) is 14.5. The summed E-state index contributed by atoms with van der Waals surface area (Å²) in [6.07, 6.45) is 5.70. The van der Waals surface area contributed by atoms with Crippen LogP contribution in [0, 0.1) is 18.5 Å². The van der Waals surface area contributed by atoms with E-state index in [0.717, 1.165) is 61.6 Å². The number of hydrogen-bond donors (Lipinski definition) is 4. The summed E-state index contributed by atoms with van der Waals surface area (Å²) in [6, 6.07) is 15.8. The van der Waals surface area contributed by atoms with E-state index in [2.05, 4.69) is 88.0 Å². The highest BCUT2D eigenvalue weighted by atomic mass is 32.1. The highest BCUT2D eigenvalue weighted by Crippen LogP contribution is 2.40. The standard InChI is InChI=1S/C37H30N6O6S3/c1-19-3-8-26-21(11-19)5-6-22-12-20(2)4-9-27(22)32(26)28-16-43(37(48)42-34(28)50)15-25-7-10-29(49-25)33(47)41-36-38-23(17-52-36)13-30(44)40-35-39-24(18-51-35)14-31(45)46/h3-12,16-18,32H,13-15H2,1-2H3,(H,45,46)(H,38,41,47)(H,39,40,44)(H,42,48,50). The first-order valence-electron chi connectivity index (χ1n) is 16.0. The fourth-order valence-electron chi connectivity index (χ4n) is 6.02. The van der Waals surface area contributed by atoms with Gasteiger partial charge in [0.25, 0.3) is 5.91 Å². The van der Waals surface area contributed by atoms with E-state index in [4.69, 9.17) is 21.7 Å². The molecule has 0 bridgehead atoms.